The number of amides is 1. The fraction of sp³-hybridized carbons (Fsp3) is 0.294. The fourth-order valence-corrected chi connectivity index (χ4v) is 3.37. The second-order valence-electron chi connectivity index (χ2n) is 5.74. The molecule has 0 unspecified atom stereocenters. The molecule has 25 heavy (non-hydrogen) atoms. The molecule has 130 valence electrons. The van der Waals surface area contributed by atoms with E-state index in [1.165, 1.54) is 23.0 Å². The Morgan fingerprint density at radius 2 is 2.04 bits per heavy atom. The molecule has 3 heterocycles. The first-order valence-corrected chi connectivity index (χ1v) is 8.76. The Morgan fingerprint density at radius 1 is 1.28 bits per heavy atom. The van der Waals surface area contributed by atoms with Crippen LogP contribution in [-0.2, 0) is 20.5 Å². The van der Waals surface area contributed by atoms with Gasteiger partial charge < -0.3 is 5.32 Å². The molecule has 0 aliphatic heterocycles. The number of aromatic nitrogens is 3. The smallest absolute Gasteiger partial charge is 0.320 e. The molecule has 0 aliphatic rings. The molecule has 0 spiro atoms. The Morgan fingerprint density at radius 3 is 2.68 bits per heavy atom. The number of anilines is 1. The van der Waals surface area contributed by atoms with Crippen LogP contribution in [0, 0.1) is 0 Å². The van der Waals surface area contributed by atoms with Crippen molar-refractivity contribution in [1.29, 1.82) is 0 Å². The minimum atomic E-state index is -0.468. The summed E-state index contributed by atoms with van der Waals surface area (Å²) >= 11 is 1.32. The molecule has 1 N–H and O–H groups in total. The summed E-state index contributed by atoms with van der Waals surface area (Å²) in [5, 5.41) is 4.92. The third kappa shape index (κ3) is 2.89. The number of hydrogen-bond donors (Lipinski definition) is 1. The summed E-state index contributed by atoms with van der Waals surface area (Å²) < 4.78 is 2.34. The lowest BCUT2D eigenvalue weighted by molar-refractivity contribution is 0.103. The summed E-state index contributed by atoms with van der Waals surface area (Å²) in [5.74, 6) is -0.282. The van der Waals surface area contributed by atoms with Crippen molar-refractivity contribution in [2.45, 2.75) is 19.8 Å². The molecule has 7 nitrogen and oxygen atoms in total. The minimum absolute atomic E-state index is 0.250. The highest BCUT2D eigenvalue weighted by molar-refractivity contribution is 7.12. The van der Waals surface area contributed by atoms with Crippen LogP contribution in [0.5, 0.6) is 0 Å². The van der Waals surface area contributed by atoms with Crippen molar-refractivity contribution in [2.24, 2.45) is 14.1 Å². The maximum Gasteiger partial charge on any atom is 0.332 e. The summed E-state index contributed by atoms with van der Waals surface area (Å²) in [6, 6.07) is 3.51. The summed E-state index contributed by atoms with van der Waals surface area (Å²) in [5.41, 5.74) is 0.542. The van der Waals surface area contributed by atoms with Gasteiger partial charge >= 0.3 is 5.69 Å². The number of hydrogen-bond acceptors (Lipinski definition) is 5. The highest BCUT2D eigenvalue weighted by Crippen LogP contribution is 2.25. The Labute approximate surface area is 147 Å². The molecule has 3 aromatic rings. The second kappa shape index (κ2) is 6.64. The molecule has 0 aromatic carbocycles. The lowest BCUT2D eigenvalue weighted by Crippen LogP contribution is -2.38. The van der Waals surface area contributed by atoms with E-state index < -0.39 is 11.2 Å². The number of carbonyl (C=O) groups excluding carboxylic acids is 1. The Kier molecular flexibility index (Phi) is 4.54. The maximum atomic E-state index is 12.7. The van der Waals surface area contributed by atoms with Gasteiger partial charge in [-0.2, -0.15) is 0 Å². The van der Waals surface area contributed by atoms with E-state index in [0.717, 1.165) is 16.6 Å². The van der Waals surface area contributed by atoms with Crippen molar-refractivity contribution in [3.05, 3.63) is 55.0 Å². The van der Waals surface area contributed by atoms with Crippen molar-refractivity contribution >= 4 is 34.0 Å². The molecule has 0 saturated heterocycles. The lowest BCUT2D eigenvalue weighted by atomic mass is 10.1. The van der Waals surface area contributed by atoms with Gasteiger partial charge in [-0.25, -0.2) is 9.78 Å². The Bertz CT molecular complexity index is 1060. The first kappa shape index (κ1) is 17.1. The van der Waals surface area contributed by atoms with Crippen LogP contribution in [0.25, 0.3) is 11.0 Å². The zero-order valence-electron chi connectivity index (χ0n) is 14.2. The van der Waals surface area contributed by atoms with E-state index in [4.69, 9.17) is 0 Å². The molecule has 0 aliphatic carbocycles. The van der Waals surface area contributed by atoms with Gasteiger partial charge in [0.05, 0.1) is 10.6 Å². The molecule has 0 atom stereocenters. The minimum Gasteiger partial charge on any atom is -0.320 e. The average Bonchev–Trinajstić information content (AvgIpc) is 3.14. The third-order valence-electron chi connectivity index (χ3n) is 4.05. The van der Waals surface area contributed by atoms with Crippen molar-refractivity contribution in [3.8, 4) is 0 Å². The topological polar surface area (TPSA) is 86.0 Å². The zero-order chi connectivity index (χ0) is 18.1. The first-order chi connectivity index (χ1) is 12.0. The predicted molar refractivity (Wildman–Crippen MR) is 98.5 cm³/mol. The van der Waals surface area contributed by atoms with Gasteiger partial charge in [0.1, 0.15) is 5.39 Å². The van der Waals surface area contributed by atoms with Crippen molar-refractivity contribution in [3.63, 3.8) is 0 Å². The Hall–Kier alpha value is -2.74. The van der Waals surface area contributed by atoms with Crippen molar-refractivity contribution < 1.29 is 4.79 Å². The van der Waals surface area contributed by atoms with Crippen LogP contribution in [0.2, 0.25) is 0 Å². The molecular weight excluding hydrogens is 340 g/mol. The van der Waals surface area contributed by atoms with E-state index in [1.54, 1.807) is 25.4 Å². The monoisotopic (exact) mass is 358 g/mol. The predicted octanol–water partition coefficient (Wildman–Crippen LogP) is 1.90. The van der Waals surface area contributed by atoms with E-state index in [1.807, 2.05) is 12.3 Å². The van der Waals surface area contributed by atoms with E-state index in [9.17, 15) is 14.4 Å². The molecule has 0 bridgehead atoms. The van der Waals surface area contributed by atoms with E-state index in [0.29, 0.717) is 17.0 Å². The molecular formula is C17H18N4O3S. The number of nitrogens with one attached hydrogen (secondary N) is 1. The zero-order valence-corrected chi connectivity index (χ0v) is 15.0. The van der Waals surface area contributed by atoms with Gasteiger partial charge in [0.2, 0.25) is 0 Å². The fourth-order valence-electron chi connectivity index (χ4n) is 2.75. The molecule has 0 radical (unpaired) electrons. The number of pyridine rings is 1. The van der Waals surface area contributed by atoms with Crippen LogP contribution in [0.3, 0.4) is 0 Å². The van der Waals surface area contributed by atoms with Gasteiger partial charge in [-0.3, -0.25) is 18.7 Å². The number of nitrogens with zero attached hydrogens (tertiary/aromatic N) is 3. The van der Waals surface area contributed by atoms with Crippen LogP contribution in [0.15, 0.2) is 33.3 Å². The number of fused-ring (bicyclic) bond motifs is 1. The highest BCUT2D eigenvalue weighted by Gasteiger charge is 2.19. The third-order valence-corrected chi connectivity index (χ3v) is 4.92. The number of thiophene rings is 1. The van der Waals surface area contributed by atoms with Crippen LogP contribution < -0.4 is 16.6 Å². The maximum absolute atomic E-state index is 12.7. The summed E-state index contributed by atoms with van der Waals surface area (Å²) in [4.78, 5) is 42.2. The molecule has 3 rings (SSSR count). The van der Waals surface area contributed by atoms with Gasteiger partial charge in [-0.15, -0.1) is 11.3 Å². The van der Waals surface area contributed by atoms with Crippen molar-refractivity contribution in [1.82, 2.24) is 14.1 Å². The average molecular weight is 358 g/mol. The molecule has 8 heteroatoms. The largest absolute Gasteiger partial charge is 0.332 e. The SMILES string of the molecule is CCCc1cnc2c(c1NC(=O)c1cccs1)c(=O)n(C)c(=O)n2C. The van der Waals surface area contributed by atoms with Gasteiger partial charge in [-0.1, -0.05) is 19.4 Å². The molecule has 0 saturated carbocycles. The van der Waals surface area contributed by atoms with E-state index in [-0.39, 0.29) is 16.9 Å². The standard InChI is InChI=1S/C17H18N4O3S/c1-4-6-10-9-18-14-12(16(23)21(3)17(24)20(14)2)13(10)19-15(22)11-7-5-8-25-11/h5,7-9H,4,6H2,1-3H3,(H,18,19,22). The second-order valence-corrected chi connectivity index (χ2v) is 6.69. The molecule has 0 fully saturated rings. The molecule has 1 amide bonds. The summed E-state index contributed by atoms with van der Waals surface area (Å²) in [6.07, 6.45) is 3.12. The van der Waals surface area contributed by atoms with E-state index in [2.05, 4.69) is 10.3 Å². The lowest BCUT2D eigenvalue weighted by Gasteiger charge is -2.15. The van der Waals surface area contributed by atoms with Gasteiger partial charge in [-0.05, 0) is 23.4 Å². The summed E-state index contributed by atoms with van der Waals surface area (Å²) in [7, 11) is 2.98. The number of carbonyl (C=O) groups is 1. The number of aryl methyl sites for hydroxylation is 2. The van der Waals surface area contributed by atoms with E-state index >= 15 is 0 Å². The normalized spacial score (nSPS) is 11.0. The van der Waals surface area contributed by atoms with Crippen LogP contribution in [-0.4, -0.2) is 20.0 Å². The van der Waals surface area contributed by atoms with Gasteiger partial charge in [0.25, 0.3) is 11.5 Å². The molecule has 3 aromatic heterocycles. The Balaban J connectivity index is 2.30. The van der Waals surface area contributed by atoms with Gasteiger partial charge in [0, 0.05) is 20.3 Å². The van der Waals surface area contributed by atoms with Gasteiger partial charge in [0.15, 0.2) is 5.65 Å². The van der Waals surface area contributed by atoms with Crippen molar-refractivity contribution in [2.75, 3.05) is 5.32 Å². The summed E-state index contributed by atoms with van der Waals surface area (Å²) in [6.45, 7) is 2.01. The van der Waals surface area contributed by atoms with Crippen LogP contribution >= 0.6 is 11.3 Å². The number of rotatable bonds is 4. The van der Waals surface area contributed by atoms with Crippen LogP contribution in [0.4, 0.5) is 5.69 Å². The first-order valence-electron chi connectivity index (χ1n) is 7.88. The highest BCUT2D eigenvalue weighted by atomic mass is 32.1. The van der Waals surface area contributed by atoms with Crippen LogP contribution in [0.1, 0.15) is 28.6 Å². The quantitative estimate of drug-likeness (QED) is 0.772.